The number of pyridine rings is 1. The standard InChI is InChI=1S/C13H21N3O/c1-2-17-13-5-3-4-12(15-13)16-8-6-11(10-14)7-9-16/h3-5,11H,2,6-10,14H2,1H3. The van der Waals surface area contributed by atoms with Crippen LogP contribution < -0.4 is 15.4 Å². The summed E-state index contributed by atoms with van der Waals surface area (Å²) < 4.78 is 5.42. The van der Waals surface area contributed by atoms with E-state index in [2.05, 4.69) is 9.88 Å². The van der Waals surface area contributed by atoms with E-state index in [0.29, 0.717) is 18.4 Å². The molecule has 4 nitrogen and oxygen atoms in total. The van der Waals surface area contributed by atoms with Gasteiger partial charge in [0.05, 0.1) is 6.61 Å². The van der Waals surface area contributed by atoms with Crippen molar-refractivity contribution in [1.82, 2.24) is 4.98 Å². The lowest BCUT2D eigenvalue weighted by Gasteiger charge is -2.32. The predicted molar refractivity (Wildman–Crippen MR) is 69.4 cm³/mol. The first-order valence-electron chi connectivity index (χ1n) is 6.38. The molecule has 2 heterocycles. The maximum absolute atomic E-state index is 5.70. The van der Waals surface area contributed by atoms with Gasteiger partial charge in [-0.3, -0.25) is 0 Å². The monoisotopic (exact) mass is 235 g/mol. The molecule has 0 atom stereocenters. The molecule has 4 heteroatoms. The summed E-state index contributed by atoms with van der Waals surface area (Å²) in [4.78, 5) is 6.82. The number of anilines is 1. The van der Waals surface area contributed by atoms with Crippen molar-refractivity contribution in [3.8, 4) is 5.88 Å². The molecule has 0 aromatic carbocycles. The maximum Gasteiger partial charge on any atom is 0.215 e. The lowest BCUT2D eigenvalue weighted by molar-refractivity contribution is 0.326. The predicted octanol–water partition coefficient (Wildman–Crippen LogP) is 1.66. The lowest BCUT2D eigenvalue weighted by Crippen LogP contribution is -2.36. The van der Waals surface area contributed by atoms with Gasteiger partial charge in [-0.25, -0.2) is 0 Å². The molecule has 1 aromatic rings. The van der Waals surface area contributed by atoms with Crippen molar-refractivity contribution in [2.75, 3.05) is 31.1 Å². The molecule has 0 aliphatic carbocycles. The van der Waals surface area contributed by atoms with E-state index in [1.165, 1.54) is 0 Å². The van der Waals surface area contributed by atoms with Gasteiger partial charge in [0, 0.05) is 19.2 Å². The number of hydrogen-bond acceptors (Lipinski definition) is 4. The molecule has 1 aliphatic heterocycles. The van der Waals surface area contributed by atoms with E-state index in [1.54, 1.807) is 0 Å². The van der Waals surface area contributed by atoms with Crippen LogP contribution >= 0.6 is 0 Å². The highest BCUT2D eigenvalue weighted by Gasteiger charge is 2.19. The molecule has 2 rings (SSSR count). The van der Waals surface area contributed by atoms with Gasteiger partial charge in [-0.15, -0.1) is 0 Å². The van der Waals surface area contributed by atoms with E-state index in [1.807, 2.05) is 25.1 Å². The van der Waals surface area contributed by atoms with Crippen molar-refractivity contribution in [3.63, 3.8) is 0 Å². The molecule has 0 bridgehead atoms. The van der Waals surface area contributed by atoms with Crippen LogP contribution in [0.15, 0.2) is 18.2 Å². The maximum atomic E-state index is 5.70. The first kappa shape index (κ1) is 12.2. The van der Waals surface area contributed by atoms with Gasteiger partial charge in [0.15, 0.2) is 0 Å². The molecule has 0 saturated carbocycles. The molecular formula is C13H21N3O. The third-order valence-electron chi connectivity index (χ3n) is 3.27. The summed E-state index contributed by atoms with van der Waals surface area (Å²) in [5, 5.41) is 0. The topological polar surface area (TPSA) is 51.4 Å². The smallest absolute Gasteiger partial charge is 0.215 e. The Morgan fingerprint density at radius 2 is 2.18 bits per heavy atom. The molecular weight excluding hydrogens is 214 g/mol. The Bertz CT molecular complexity index is 348. The van der Waals surface area contributed by atoms with Crippen molar-refractivity contribution in [1.29, 1.82) is 0 Å². The lowest BCUT2D eigenvalue weighted by atomic mass is 9.97. The number of hydrogen-bond donors (Lipinski definition) is 1. The average Bonchev–Trinajstić information content (AvgIpc) is 2.40. The van der Waals surface area contributed by atoms with Crippen LogP contribution in [-0.4, -0.2) is 31.2 Å². The van der Waals surface area contributed by atoms with Crippen molar-refractivity contribution in [2.24, 2.45) is 11.7 Å². The quantitative estimate of drug-likeness (QED) is 0.862. The van der Waals surface area contributed by atoms with Gasteiger partial charge in [0.1, 0.15) is 5.82 Å². The molecule has 1 fully saturated rings. The van der Waals surface area contributed by atoms with Crippen LogP contribution in [0.5, 0.6) is 5.88 Å². The molecule has 0 amide bonds. The second-order valence-corrected chi connectivity index (χ2v) is 4.43. The molecule has 1 aromatic heterocycles. The summed E-state index contributed by atoms with van der Waals surface area (Å²) in [7, 11) is 0. The summed E-state index contributed by atoms with van der Waals surface area (Å²) >= 11 is 0. The average molecular weight is 235 g/mol. The van der Waals surface area contributed by atoms with Crippen molar-refractivity contribution in [2.45, 2.75) is 19.8 Å². The van der Waals surface area contributed by atoms with E-state index in [0.717, 1.165) is 38.3 Å². The van der Waals surface area contributed by atoms with Crippen LogP contribution in [-0.2, 0) is 0 Å². The summed E-state index contributed by atoms with van der Waals surface area (Å²) in [5.74, 6) is 2.42. The molecule has 0 spiro atoms. The Kier molecular flexibility index (Phi) is 4.20. The number of nitrogens with two attached hydrogens (primary N) is 1. The zero-order chi connectivity index (χ0) is 12.1. The Labute approximate surface area is 103 Å². The fourth-order valence-corrected chi connectivity index (χ4v) is 2.21. The normalized spacial score (nSPS) is 17.2. The Balaban J connectivity index is 2.00. The Morgan fingerprint density at radius 1 is 1.41 bits per heavy atom. The highest BCUT2D eigenvalue weighted by molar-refractivity contribution is 5.41. The van der Waals surface area contributed by atoms with Gasteiger partial charge in [0.2, 0.25) is 5.88 Å². The van der Waals surface area contributed by atoms with Crippen molar-refractivity contribution in [3.05, 3.63) is 18.2 Å². The SMILES string of the molecule is CCOc1cccc(N2CCC(CN)CC2)n1. The number of ether oxygens (including phenoxy) is 1. The molecule has 94 valence electrons. The van der Waals surface area contributed by atoms with Crippen LogP contribution in [0, 0.1) is 5.92 Å². The van der Waals surface area contributed by atoms with Gasteiger partial charge in [-0.2, -0.15) is 4.98 Å². The fourth-order valence-electron chi connectivity index (χ4n) is 2.21. The van der Waals surface area contributed by atoms with Crippen molar-refractivity contribution < 1.29 is 4.74 Å². The number of nitrogens with zero attached hydrogens (tertiary/aromatic N) is 2. The highest BCUT2D eigenvalue weighted by atomic mass is 16.5. The van der Waals surface area contributed by atoms with Crippen LogP contribution in [0.3, 0.4) is 0 Å². The second kappa shape index (κ2) is 5.87. The van der Waals surface area contributed by atoms with Crippen molar-refractivity contribution >= 4 is 5.82 Å². The first-order chi connectivity index (χ1) is 8.33. The summed E-state index contributed by atoms with van der Waals surface area (Å²) in [6, 6.07) is 5.95. The third kappa shape index (κ3) is 3.09. The zero-order valence-electron chi connectivity index (χ0n) is 10.4. The van der Waals surface area contributed by atoms with Gasteiger partial charge < -0.3 is 15.4 Å². The minimum absolute atomic E-state index is 0.658. The first-order valence-corrected chi connectivity index (χ1v) is 6.38. The van der Waals surface area contributed by atoms with E-state index in [-0.39, 0.29) is 0 Å². The zero-order valence-corrected chi connectivity index (χ0v) is 10.4. The molecule has 2 N–H and O–H groups in total. The van der Waals surface area contributed by atoms with Crippen LogP contribution in [0.25, 0.3) is 0 Å². The third-order valence-corrected chi connectivity index (χ3v) is 3.27. The van der Waals surface area contributed by atoms with E-state index in [9.17, 15) is 0 Å². The van der Waals surface area contributed by atoms with Crippen LogP contribution in [0.1, 0.15) is 19.8 Å². The highest BCUT2D eigenvalue weighted by Crippen LogP contribution is 2.22. The number of piperidine rings is 1. The molecule has 0 unspecified atom stereocenters. The molecule has 17 heavy (non-hydrogen) atoms. The molecule has 1 saturated heterocycles. The fraction of sp³-hybridized carbons (Fsp3) is 0.615. The summed E-state index contributed by atoms with van der Waals surface area (Å²) in [5.41, 5.74) is 5.70. The second-order valence-electron chi connectivity index (χ2n) is 4.43. The largest absolute Gasteiger partial charge is 0.478 e. The molecule has 0 radical (unpaired) electrons. The Morgan fingerprint density at radius 3 is 2.82 bits per heavy atom. The van der Waals surface area contributed by atoms with Gasteiger partial charge in [-0.05, 0) is 38.3 Å². The van der Waals surface area contributed by atoms with Gasteiger partial charge >= 0.3 is 0 Å². The van der Waals surface area contributed by atoms with E-state index in [4.69, 9.17) is 10.5 Å². The van der Waals surface area contributed by atoms with E-state index >= 15 is 0 Å². The van der Waals surface area contributed by atoms with Gasteiger partial charge in [-0.1, -0.05) is 6.07 Å². The minimum Gasteiger partial charge on any atom is -0.478 e. The van der Waals surface area contributed by atoms with E-state index < -0.39 is 0 Å². The van der Waals surface area contributed by atoms with Crippen LogP contribution in [0.4, 0.5) is 5.82 Å². The number of rotatable bonds is 4. The van der Waals surface area contributed by atoms with Crippen LogP contribution in [0.2, 0.25) is 0 Å². The van der Waals surface area contributed by atoms with Gasteiger partial charge in [0.25, 0.3) is 0 Å². The summed E-state index contributed by atoms with van der Waals surface area (Å²) in [6.45, 7) is 5.53. The molecule has 1 aliphatic rings. The minimum atomic E-state index is 0.658. The summed E-state index contributed by atoms with van der Waals surface area (Å²) in [6.07, 6.45) is 2.33. The number of aromatic nitrogens is 1. The Hall–Kier alpha value is -1.29.